The molecule has 0 aliphatic rings. The van der Waals surface area contributed by atoms with Crippen LogP contribution in [0.5, 0.6) is 0 Å². The van der Waals surface area contributed by atoms with E-state index in [0.717, 1.165) is 35.4 Å². The highest BCUT2D eigenvalue weighted by molar-refractivity contribution is 5.63. The number of aromatic nitrogens is 2. The van der Waals surface area contributed by atoms with E-state index in [-0.39, 0.29) is 0 Å². The van der Waals surface area contributed by atoms with Crippen LogP contribution >= 0.6 is 0 Å². The molecule has 0 atom stereocenters. The molecule has 2 aromatic rings. The third-order valence-corrected chi connectivity index (χ3v) is 2.74. The van der Waals surface area contributed by atoms with Gasteiger partial charge in [0.2, 0.25) is 0 Å². The van der Waals surface area contributed by atoms with Crippen LogP contribution in [-0.4, -0.2) is 9.97 Å². The van der Waals surface area contributed by atoms with Gasteiger partial charge in [-0.1, -0.05) is 24.3 Å². The largest absolute Gasteiger partial charge is 0.254 e. The van der Waals surface area contributed by atoms with Crippen molar-refractivity contribution in [3.05, 3.63) is 73.1 Å². The molecule has 0 unspecified atom stereocenters. The van der Waals surface area contributed by atoms with E-state index in [1.54, 1.807) is 12.4 Å². The van der Waals surface area contributed by atoms with E-state index >= 15 is 0 Å². The summed E-state index contributed by atoms with van der Waals surface area (Å²) in [7, 11) is 0. The van der Waals surface area contributed by atoms with Gasteiger partial charge in [0.15, 0.2) is 0 Å². The predicted octanol–water partition coefficient (Wildman–Crippen LogP) is 3.60. The van der Waals surface area contributed by atoms with Crippen LogP contribution in [0.3, 0.4) is 0 Å². The second kappa shape index (κ2) is 5.92. The summed E-state index contributed by atoms with van der Waals surface area (Å²) in [5.74, 6) is 0. The first-order valence-corrected chi connectivity index (χ1v) is 5.96. The average molecular weight is 236 g/mol. The zero-order chi connectivity index (χ0) is 12.8. The molecule has 0 fully saturated rings. The van der Waals surface area contributed by atoms with Crippen molar-refractivity contribution >= 4 is 0 Å². The van der Waals surface area contributed by atoms with Gasteiger partial charge in [0.05, 0.1) is 11.4 Å². The topological polar surface area (TPSA) is 25.8 Å². The van der Waals surface area contributed by atoms with E-state index in [1.165, 1.54) is 0 Å². The maximum Gasteiger partial charge on any atom is 0.0924 e. The summed E-state index contributed by atoms with van der Waals surface area (Å²) in [6.07, 6.45) is 8.97. The van der Waals surface area contributed by atoms with Crippen LogP contribution in [-0.2, 0) is 12.8 Å². The molecule has 0 aromatic carbocycles. The lowest BCUT2D eigenvalue weighted by molar-refractivity contribution is 1.13. The van der Waals surface area contributed by atoms with Crippen LogP contribution < -0.4 is 0 Å². The Labute approximate surface area is 108 Å². The summed E-state index contributed by atoms with van der Waals surface area (Å²) in [6, 6.07) is 8.02. The van der Waals surface area contributed by atoms with Crippen molar-refractivity contribution in [2.24, 2.45) is 0 Å². The zero-order valence-electron chi connectivity index (χ0n) is 10.3. The van der Waals surface area contributed by atoms with Gasteiger partial charge in [-0.3, -0.25) is 9.97 Å². The van der Waals surface area contributed by atoms with E-state index in [9.17, 15) is 0 Å². The maximum absolute atomic E-state index is 4.47. The first-order valence-electron chi connectivity index (χ1n) is 5.96. The molecular formula is C16H16N2. The van der Waals surface area contributed by atoms with Gasteiger partial charge < -0.3 is 0 Å². The normalized spacial score (nSPS) is 10.0. The van der Waals surface area contributed by atoms with E-state index in [4.69, 9.17) is 0 Å². The maximum atomic E-state index is 4.47. The Kier molecular flexibility index (Phi) is 4.02. The van der Waals surface area contributed by atoms with E-state index in [2.05, 4.69) is 35.3 Å². The standard InChI is InChI=1S/C16H16N2/c1-3-7-13-9-5-11-17-15(13)16-14(8-4-2)10-6-12-18-16/h3-6,9-12H,1-2,7-8H2. The summed E-state index contributed by atoms with van der Waals surface area (Å²) in [5, 5.41) is 0. The molecule has 0 bridgehead atoms. The monoisotopic (exact) mass is 236 g/mol. The van der Waals surface area contributed by atoms with Crippen molar-refractivity contribution in [2.75, 3.05) is 0 Å². The van der Waals surface area contributed by atoms with Crippen LogP contribution in [0.1, 0.15) is 11.1 Å². The Bertz CT molecular complexity index is 507. The Morgan fingerprint density at radius 2 is 1.28 bits per heavy atom. The molecule has 18 heavy (non-hydrogen) atoms. The second-order valence-electron chi connectivity index (χ2n) is 4.01. The van der Waals surface area contributed by atoms with Crippen molar-refractivity contribution in [1.29, 1.82) is 0 Å². The molecule has 0 saturated carbocycles. The van der Waals surface area contributed by atoms with Crippen LogP contribution in [0.15, 0.2) is 62.0 Å². The average Bonchev–Trinajstić information content (AvgIpc) is 2.41. The molecule has 0 spiro atoms. The quantitative estimate of drug-likeness (QED) is 0.741. The summed E-state index contributed by atoms with van der Waals surface area (Å²) >= 11 is 0. The van der Waals surface area contributed by atoms with Gasteiger partial charge in [0.1, 0.15) is 0 Å². The number of rotatable bonds is 5. The third-order valence-electron chi connectivity index (χ3n) is 2.74. The lowest BCUT2D eigenvalue weighted by Crippen LogP contribution is -1.97. The first kappa shape index (κ1) is 12.2. The van der Waals surface area contributed by atoms with Crippen molar-refractivity contribution < 1.29 is 0 Å². The van der Waals surface area contributed by atoms with E-state index in [0.29, 0.717) is 0 Å². The fraction of sp³-hybridized carbons (Fsp3) is 0.125. The molecular weight excluding hydrogens is 220 g/mol. The zero-order valence-corrected chi connectivity index (χ0v) is 10.3. The smallest absolute Gasteiger partial charge is 0.0924 e. The van der Waals surface area contributed by atoms with Gasteiger partial charge in [-0.05, 0) is 36.1 Å². The molecule has 2 heterocycles. The fourth-order valence-electron chi connectivity index (χ4n) is 1.94. The summed E-state index contributed by atoms with van der Waals surface area (Å²) in [5.41, 5.74) is 4.18. The molecule has 90 valence electrons. The van der Waals surface area contributed by atoms with Gasteiger partial charge in [-0.15, -0.1) is 13.2 Å². The molecule has 0 amide bonds. The molecule has 0 aliphatic heterocycles. The lowest BCUT2D eigenvalue weighted by atomic mass is 10.0. The van der Waals surface area contributed by atoms with Gasteiger partial charge in [-0.2, -0.15) is 0 Å². The summed E-state index contributed by atoms with van der Waals surface area (Å²) < 4.78 is 0. The molecule has 0 aliphatic carbocycles. The van der Waals surface area contributed by atoms with Crippen molar-refractivity contribution in [1.82, 2.24) is 9.97 Å². The van der Waals surface area contributed by atoms with Crippen LogP contribution in [0.25, 0.3) is 11.4 Å². The number of hydrogen-bond donors (Lipinski definition) is 0. The highest BCUT2D eigenvalue weighted by Gasteiger charge is 2.10. The highest BCUT2D eigenvalue weighted by atomic mass is 14.8. The number of pyridine rings is 2. The minimum absolute atomic E-state index is 0.799. The second-order valence-corrected chi connectivity index (χ2v) is 4.01. The number of allylic oxidation sites excluding steroid dienone is 2. The molecule has 2 nitrogen and oxygen atoms in total. The van der Waals surface area contributed by atoms with E-state index < -0.39 is 0 Å². The first-order chi connectivity index (χ1) is 8.86. The SMILES string of the molecule is C=CCc1cccnc1-c1ncccc1CC=C. The molecule has 0 radical (unpaired) electrons. The highest BCUT2D eigenvalue weighted by Crippen LogP contribution is 2.23. The Balaban J connectivity index is 2.54. The van der Waals surface area contributed by atoms with Crippen LogP contribution in [0, 0.1) is 0 Å². The van der Waals surface area contributed by atoms with Gasteiger partial charge >= 0.3 is 0 Å². The summed E-state index contributed by atoms with van der Waals surface area (Å²) in [6.45, 7) is 7.57. The Morgan fingerprint density at radius 3 is 1.67 bits per heavy atom. The van der Waals surface area contributed by atoms with Gasteiger partial charge in [-0.25, -0.2) is 0 Å². The van der Waals surface area contributed by atoms with E-state index in [1.807, 2.05) is 24.3 Å². The van der Waals surface area contributed by atoms with Crippen molar-refractivity contribution in [3.63, 3.8) is 0 Å². The van der Waals surface area contributed by atoms with Crippen molar-refractivity contribution in [2.45, 2.75) is 12.8 Å². The third kappa shape index (κ3) is 2.54. The summed E-state index contributed by atoms with van der Waals surface area (Å²) in [4.78, 5) is 8.93. The molecule has 0 saturated heterocycles. The van der Waals surface area contributed by atoms with Gasteiger partial charge in [0.25, 0.3) is 0 Å². The molecule has 2 heteroatoms. The van der Waals surface area contributed by atoms with Crippen molar-refractivity contribution in [3.8, 4) is 11.4 Å². The molecule has 2 rings (SSSR count). The van der Waals surface area contributed by atoms with Crippen LogP contribution in [0.2, 0.25) is 0 Å². The number of nitrogens with zero attached hydrogens (tertiary/aromatic N) is 2. The van der Waals surface area contributed by atoms with Gasteiger partial charge in [0, 0.05) is 12.4 Å². The number of hydrogen-bond acceptors (Lipinski definition) is 2. The minimum Gasteiger partial charge on any atom is -0.254 e. The minimum atomic E-state index is 0.799. The lowest BCUT2D eigenvalue weighted by Gasteiger charge is -2.09. The molecule has 0 N–H and O–H groups in total. The molecule has 2 aromatic heterocycles. The predicted molar refractivity (Wildman–Crippen MR) is 75.3 cm³/mol. The Morgan fingerprint density at radius 1 is 0.833 bits per heavy atom. The fourth-order valence-corrected chi connectivity index (χ4v) is 1.94. The Hall–Kier alpha value is -2.22. The van der Waals surface area contributed by atoms with Crippen LogP contribution in [0.4, 0.5) is 0 Å².